The van der Waals surface area contributed by atoms with Crippen LogP contribution in [0.1, 0.15) is 38.5 Å². The molecule has 1 aliphatic heterocycles. The van der Waals surface area contributed by atoms with E-state index < -0.39 is 11.6 Å². The molecule has 0 amide bonds. The predicted octanol–water partition coefficient (Wildman–Crippen LogP) is 2.68. The summed E-state index contributed by atoms with van der Waals surface area (Å²) in [7, 11) is 0. The average Bonchev–Trinajstić information content (AvgIpc) is 2.77. The molecule has 92 valence electrons. The number of carbonyl (C=O) groups is 1. The van der Waals surface area contributed by atoms with Gasteiger partial charge in [0.25, 0.3) is 0 Å². The van der Waals surface area contributed by atoms with Gasteiger partial charge in [-0.05, 0) is 38.5 Å². The first-order chi connectivity index (χ1) is 8.24. The van der Waals surface area contributed by atoms with Crippen LogP contribution in [0.25, 0.3) is 0 Å². The molecule has 3 heteroatoms. The Morgan fingerprint density at radius 1 is 1.24 bits per heavy atom. The summed E-state index contributed by atoms with van der Waals surface area (Å²) in [5.74, 6) is -0.770. The van der Waals surface area contributed by atoms with E-state index in [-0.39, 0.29) is 5.92 Å². The molecule has 2 aliphatic carbocycles. The lowest BCUT2D eigenvalue weighted by Crippen LogP contribution is -2.35. The molecular weight excluding hydrogens is 216 g/mol. The number of carboxylic acids is 1. The third-order valence-corrected chi connectivity index (χ3v) is 4.18. The standard InChI is InChI=1S/C14H18O3/c15-13(16)14(9-17-14)12(10-5-1-2-6-10)11-7-3-4-8-11/h5,7,12H,1-4,6,8-9H2,(H,15,16). The number of rotatable bonds is 4. The minimum absolute atomic E-state index is 0.0185. The van der Waals surface area contributed by atoms with Gasteiger partial charge < -0.3 is 9.84 Å². The maximum absolute atomic E-state index is 11.5. The summed E-state index contributed by atoms with van der Waals surface area (Å²) in [4.78, 5) is 11.5. The van der Waals surface area contributed by atoms with E-state index >= 15 is 0 Å². The van der Waals surface area contributed by atoms with Gasteiger partial charge in [0.05, 0.1) is 6.61 Å². The quantitative estimate of drug-likeness (QED) is 0.601. The molecule has 3 nitrogen and oxygen atoms in total. The molecule has 17 heavy (non-hydrogen) atoms. The molecule has 0 bridgehead atoms. The highest BCUT2D eigenvalue weighted by Crippen LogP contribution is 2.48. The molecule has 0 aromatic carbocycles. The smallest absolute Gasteiger partial charge is 0.339 e. The van der Waals surface area contributed by atoms with Crippen LogP contribution < -0.4 is 0 Å². The van der Waals surface area contributed by atoms with Gasteiger partial charge in [-0.25, -0.2) is 4.79 Å². The van der Waals surface area contributed by atoms with Crippen LogP contribution >= 0.6 is 0 Å². The maximum atomic E-state index is 11.5. The van der Waals surface area contributed by atoms with E-state index in [4.69, 9.17) is 4.74 Å². The van der Waals surface area contributed by atoms with Crippen molar-refractivity contribution in [3.63, 3.8) is 0 Å². The Hall–Kier alpha value is -1.09. The molecule has 1 atom stereocenters. The molecule has 3 rings (SSSR count). The SMILES string of the molecule is O=C(O)C1(C(C2=CCCC2)C2=CCCC2)CO1. The fourth-order valence-corrected chi connectivity index (χ4v) is 3.24. The normalized spacial score (nSPS) is 31.6. The van der Waals surface area contributed by atoms with Gasteiger partial charge in [0.2, 0.25) is 0 Å². The van der Waals surface area contributed by atoms with E-state index in [1.807, 2.05) is 0 Å². The molecule has 0 saturated carbocycles. The van der Waals surface area contributed by atoms with Gasteiger partial charge in [0.15, 0.2) is 5.60 Å². The monoisotopic (exact) mass is 234 g/mol. The largest absolute Gasteiger partial charge is 0.479 e. The summed E-state index contributed by atoms with van der Waals surface area (Å²) < 4.78 is 5.36. The molecule has 0 aromatic heterocycles. The average molecular weight is 234 g/mol. The van der Waals surface area contributed by atoms with Crippen molar-refractivity contribution in [3.8, 4) is 0 Å². The Morgan fingerprint density at radius 2 is 1.76 bits per heavy atom. The number of epoxide rings is 1. The fraction of sp³-hybridized carbons (Fsp3) is 0.643. The van der Waals surface area contributed by atoms with Crippen LogP contribution in [0.5, 0.6) is 0 Å². The second kappa shape index (κ2) is 3.98. The van der Waals surface area contributed by atoms with Gasteiger partial charge in [0, 0.05) is 5.92 Å². The molecule has 1 N–H and O–H groups in total. The van der Waals surface area contributed by atoms with E-state index in [2.05, 4.69) is 12.2 Å². The molecule has 1 unspecified atom stereocenters. The first-order valence-corrected chi connectivity index (χ1v) is 6.49. The van der Waals surface area contributed by atoms with E-state index in [0.717, 1.165) is 38.5 Å². The Balaban J connectivity index is 1.94. The van der Waals surface area contributed by atoms with Gasteiger partial charge in [0.1, 0.15) is 0 Å². The summed E-state index contributed by atoms with van der Waals surface area (Å²) in [6, 6.07) is 0. The van der Waals surface area contributed by atoms with Crippen LogP contribution in [0.15, 0.2) is 23.3 Å². The van der Waals surface area contributed by atoms with Crippen LogP contribution in [-0.2, 0) is 9.53 Å². The molecule has 0 aromatic rings. The van der Waals surface area contributed by atoms with E-state index in [9.17, 15) is 9.90 Å². The summed E-state index contributed by atoms with van der Waals surface area (Å²) in [6.07, 6.45) is 11.1. The highest BCUT2D eigenvalue weighted by molar-refractivity contribution is 5.82. The number of aliphatic carboxylic acids is 1. The van der Waals surface area contributed by atoms with Gasteiger partial charge in [-0.15, -0.1) is 0 Å². The predicted molar refractivity (Wildman–Crippen MR) is 63.7 cm³/mol. The Labute approximate surface area is 101 Å². The zero-order valence-corrected chi connectivity index (χ0v) is 9.95. The lowest BCUT2D eigenvalue weighted by atomic mass is 9.79. The minimum atomic E-state index is -0.924. The molecular formula is C14H18O3. The number of hydrogen-bond acceptors (Lipinski definition) is 2. The van der Waals surface area contributed by atoms with Crippen molar-refractivity contribution in [2.45, 2.75) is 44.1 Å². The summed E-state index contributed by atoms with van der Waals surface area (Å²) in [6.45, 7) is 0.377. The number of hydrogen-bond donors (Lipinski definition) is 1. The molecule has 3 aliphatic rings. The molecule has 1 fully saturated rings. The molecule has 1 heterocycles. The zero-order valence-electron chi connectivity index (χ0n) is 9.95. The van der Waals surface area contributed by atoms with Gasteiger partial charge in [-0.1, -0.05) is 23.3 Å². The molecule has 1 saturated heterocycles. The number of ether oxygens (including phenoxy) is 1. The maximum Gasteiger partial charge on any atom is 0.339 e. The van der Waals surface area contributed by atoms with Crippen molar-refractivity contribution >= 4 is 5.97 Å². The van der Waals surface area contributed by atoms with Crippen LogP contribution in [0.2, 0.25) is 0 Å². The Kier molecular flexibility index (Phi) is 2.58. The first kappa shape index (κ1) is 11.0. The van der Waals surface area contributed by atoms with E-state index in [1.165, 1.54) is 11.1 Å². The summed E-state index contributed by atoms with van der Waals surface area (Å²) in [5.41, 5.74) is 1.68. The fourth-order valence-electron chi connectivity index (χ4n) is 3.24. The van der Waals surface area contributed by atoms with Crippen molar-refractivity contribution < 1.29 is 14.6 Å². The van der Waals surface area contributed by atoms with Crippen LogP contribution in [0.3, 0.4) is 0 Å². The van der Waals surface area contributed by atoms with Gasteiger partial charge in [-0.3, -0.25) is 0 Å². The third-order valence-electron chi connectivity index (χ3n) is 4.18. The minimum Gasteiger partial charge on any atom is -0.479 e. The van der Waals surface area contributed by atoms with Crippen molar-refractivity contribution in [3.05, 3.63) is 23.3 Å². The van der Waals surface area contributed by atoms with Gasteiger partial charge in [-0.2, -0.15) is 0 Å². The molecule has 0 spiro atoms. The topological polar surface area (TPSA) is 49.8 Å². The summed E-state index contributed by atoms with van der Waals surface area (Å²) in [5, 5.41) is 9.42. The Morgan fingerprint density at radius 3 is 2.06 bits per heavy atom. The van der Waals surface area contributed by atoms with Crippen molar-refractivity contribution in [1.82, 2.24) is 0 Å². The second-order valence-electron chi connectivity index (χ2n) is 5.26. The van der Waals surface area contributed by atoms with Crippen LogP contribution in [0, 0.1) is 5.92 Å². The van der Waals surface area contributed by atoms with Crippen LogP contribution in [0.4, 0.5) is 0 Å². The Bertz CT molecular complexity index is 378. The first-order valence-electron chi connectivity index (χ1n) is 6.49. The highest BCUT2D eigenvalue weighted by atomic mass is 16.6. The number of carboxylic acid groups (broad SMARTS) is 1. The van der Waals surface area contributed by atoms with Crippen molar-refractivity contribution in [2.75, 3.05) is 6.61 Å². The third kappa shape index (κ3) is 1.73. The van der Waals surface area contributed by atoms with Crippen LogP contribution in [-0.4, -0.2) is 23.3 Å². The number of allylic oxidation sites excluding steroid dienone is 2. The highest BCUT2D eigenvalue weighted by Gasteiger charge is 2.60. The molecule has 0 radical (unpaired) electrons. The lowest BCUT2D eigenvalue weighted by Gasteiger charge is -2.24. The van der Waals surface area contributed by atoms with Crippen molar-refractivity contribution in [2.24, 2.45) is 5.92 Å². The van der Waals surface area contributed by atoms with E-state index in [0.29, 0.717) is 6.61 Å². The second-order valence-corrected chi connectivity index (χ2v) is 5.26. The summed E-state index contributed by atoms with van der Waals surface area (Å²) >= 11 is 0. The zero-order chi connectivity index (χ0) is 11.9. The van der Waals surface area contributed by atoms with Crippen molar-refractivity contribution in [1.29, 1.82) is 0 Å². The van der Waals surface area contributed by atoms with E-state index in [1.54, 1.807) is 0 Å². The van der Waals surface area contributed by atoms with Gasteiger partial charge >= 0.3 is 5.97 Å². The lowest BCUT2D eigenvalue weighted by molar-refractivity contribution is -0.144.